The third-order valence-corrected chi connectivity index (χ3v) is 8.19. The van der Waals surface area contributed by atoms with Crippen LogP contribution in [0.25, 0.3) is 5.57 Å². The van der Waals surface area contributed by atoms with Crippen molar-refractivity contribution in [2.75, 3.05) is 19.7 Å². The zero-order valence-corrected chi connectivity index (χ0v) is 22.5. The molecule has 0 aromatic heterocycles. The van der Waals surface area contributed by atoms with E-state index in [4.69, 9.17) is 9.47 Å². The van der Waals surface area contributed by atoms with Crippen LogP contribution in [-0.2, 0) is 4.74 Å². The Labute approximate surface area is 227 Å². The van der Waals surface area contributed by atoms with Crippen LogP contribution >= 0.6 is 0 Å². The molecule has 2 heterocycles. The van der Waals surface area contributed by atoms with Crippen LogP contribution in [0.3, 0.4) is 0 Å². The number of phenolic OH excluding ortho intramolecular Hbond substituents is 1. The fourth-order valence-electron chi connectivity index (χ4n) is 6.06. The summed E-state index contributed by atoms with van der Waals surface area (Å²) in [7, 11) is 0. The van der Waals surface area contributed by atoms with Crippen LogP contribution in [0.15, 0.2) is 71.6 Å². The first-order chi connectivity index (χ1) is 18.5. The van der Waals surface area contributed by atoms with E-state index in [9.17, 15) is 23.4 Å². The van der Waals surface area contributed by atoms with Gasteiger partial charge in [0.25, 0.3) is 0 Å². The third kappa shape index (κ3) is 5.82. The van der Waals surface area contributed by atoms with Crippen molar-refractivity contribution in [1.29, 1.82) is 0 Å². The maximum atomic E-state index is 14.7. The average Bonchev–Trinajstić information content (AvgIpc) is 3.32. The van der Waals surface area contributed by atoms with Gasteiger partial charge in [0.05, 0.1) is 18.3 Å². The van der Waals surface area contributed by atoms with Crippen molar-refractivity contribution in [3.63, 3.8) is 0 Å². The Kier molecular flexibility index (Phi) is 7.71. The molecule has 5 nitrogen and oxygen atoms in total. The molecular weight excluding hydrogens is 507 g/mol. The second-order valence-electron chi connectivity index (χ2n) is 11.3. The number of aliphatic hydroxyl groups excluding tert-OH is 1. The SMILES string of the molecule is CC1C=C(O)C=CC1C1=C(C(F)(F)F)c2cc(O)ccc2OC1C1=CCC(OCC(C)N2CC[C@@H](C)C2)C=C1. The summed E-state index contributed by atoms with van der Waals surface area (Å²) in [6.07, 6.45) is 6.10. The molecule has 6 atom stereocenters. The Bertz CT molecular complexity index is 1240. The fraction of sp³-hybridized carbons (Fsp3) is 0.484. The first kappa shape index (κ1) is 27.6. The van der Waals surface area contributed by atoms with E-state index in [2.05, 4.69) is 18.7 Å². The van der Waals surface area contributed by atoms with Crippen LogP contribution in [0.2, 0.25) is 0 Å². The van der Waals surface area contributed by atoms with Gasteiger partial charge >= 0.3 is 6.18 Å². The predicted octanol–water partition coefficient (Wildman–Crippen LogP) is 6.73. The molecular formula is C31H36F3NO4. The molecule has 0 amide bonds. The zero-order chi connectivity index (χ0) is 27.9. The van der Waals surface area contributed by atoms with E-state index in [0.717, 1.165) is 19.2 Å². The number of hydrogen-bond acceptors (Lipinski definition) is 5. The number of phenols is 1. The van der Waals surface area contributed by atoms with Gasteiger partial charge < -0.3 is 19.7 Å². The molecule has 39 heavy (non-hydrogen) atoms. The van der Waals surface area contributed by atoms with Crippen molar-refractivity contribution >= 4 is 5.57 Å². The lowest BCUT2D eigenvalue weighted by Crippen LogP contribution is -2.37. The molecule has 0 bridgehead atoms. The molecule has 4 aliphatic rings. The number of halogens is 3. The number of benzene rings is 1. The second kappa shape index (κ2) is 10.9. The van der Waals surface area contributed by atoms with Gasteiger partial charge in [-0.2, -0.15) is 13.2 Å². The number of hydrogen-bond donors (Lipinski definition) is 2. The predicted molar refractivity (Wildman–Crippen MR) is 144 cm³/mol. The summed E-state index contributed by atoms with van der Waals surface area (Å²) in [5, 5.41) is 20.0. The molecule has 1 aromatic carbocycles. The van der Waals surface area contributed by atoms with Gasteiger partial charge in [-0.1, -0.05) is 38.2 Å². The molecule has 1 fully saturated rings. The lowest BCUT2D eigenvalue weighted by atomic mass is 9.74. The van der Waals surface area contributed by atoms with Gasteiger partial charge in [-0.05, 0) is 79.6 Å². The molecule has 0 spiro atoms. The van der Waals surface area contributed by atoms with Crippen LogP contribution in [0.4, 0.5) is 13.2 Å². The summed E-state index contributed by atoms with van der Waals surface area (Å²) in [6.45, 7) is 8.94. The van der Waals surface area contributed by atoms with Crippen molar-refractivity contribution in [2.24, 2.45) is 17.8 Å². The first-order valence-corrected chi connectivity index (χ1v) is 13.7. The molecule has 8 heteroatoms. The summed E-state index contributed by atoms with van der Waals surface area (Å²) in [5.74, 6) is -0.538. The lowest BCUT2D eigenvalue weighted by Gasteiger charge is -2.38. The molecule has 1 saturated heterocycles. The average molecular weight is 544 g/mol. The number of nitrogens with zero attached hydrogens (tertiary/aromatic N) is 1. The topological polar surface area (TPSA) is 62.2 Å². The van der Waals surface area contributed by atoms with Crippen LogP contribution < -0.4 is 4.74 Å². The van der Waals surface area contributed by atoms with Gasteiger partial charge in [-0.15, -0.1) is 0 Å². The second-order valence-corrected chi connectivity index (χ2v) is 11.3. The molecule has 0 radical (unpaired) electrons. The van der Waals surface area contributed by atoms with Gasteiger partial charge in [0.15, 0.2) is 0 Å². The number of fused-ring (bicyclic) bond motifs is 1. The quantitative estimate of drug-likeness (QED) is 0.416. The molecule has 2 aliphatic heterocycles. The monoisotopic (exact) mass is 543 g/mol. The molecule has 210 valence electrons. The third-order valence-electron chi connectivity index (χ3n) is 8.19. The van der Waals surface area contributed by atoms with Crippen LogP contribution in [-0.4, -0.2) is 59.2 Å². The van der Waals surface area contributed by atoms with E-state index in [-0.39, 0.29) is 34.5 Å². The number of aromatic hydroxyl groups is 1. The highest BCUT2D eigenvalue weighted by molar-refractivity contribution is 5.81. The van der Waals surface area contributed by atoms with Gasteiger partial charge in [0.1, 0.15) is 23.4 Å². The summed E-state index contributed by atoms with van der Waals surface area (Å²) in [4.78, 5) is 2.43. The maximum absolute atomic E-state index is 14.7. The standard InChI is InChI=1S/C31H36F3NO4/c1-18-12-13-35(16-18)20(3)17-38-24-8-4-21(5-9-24)30-28(25-10-6-22(36)14-19(25)2)29(31(32,33)34)26-15-23(37)7-11-27(26)39-30/h4-8,10-11,14-15,18-20,24-25,30,36-37H,9,12-13,16-17H2,1-3H3/t18-,19?,20?,24?,25?,30?/m1/s1. The van der Waals surface area contributed by atoms with E-state index in [1.54, 1.807) is 19.1 Å². The van der Waals surface area contributed by atoms with Gasteiger partial charge in [-0.25, -0.2) is 0 Å². The van der Waals surface area contributed by atoms with E-state index in [0.29, 0.717) is 30.6 Å². The van der Waals surface area contributed by atoms with Crippen LogP contribution in [0.5, 0.6) is 11.5 Å². The van der Waals surface area contributed by atoms with Crippen molar-refractivity contribution in [3.8, 4) is 11.5 Å². The van der Waals surface area contributed by atoms with Crippen molar-refractivity contribution in [3.05, 3.63) is 77.1 Å². The van der Waals surface area contributed by atoms with E-state index in [1.807, 2.05) is 18.2 Å². The highest BCUT2D eigenvalue weighted by Crippen LogP contribution is 2.51. The summed E-state index contributed by atoms with van der Waals surface area (Å²) in [6, 6.07) is 4.12. The summed E-state index contributed by atoms with van der Waals surface area (Å²) >= 11 is 0. The minimum Gasteiger partial charge on any atom is -0.508 e. The number of allylic oxidation sites excluding steroid dienone is 4. The Hall–Kier alpha value is -2.97. The van der Waals surface area contributed by atoms with Crippen molar-refractivity contribution in [1.82, 2.24) is 4.90 Å². The largest absolute Gasteiger partial charge is 0.508 e. The smallest absolute Gasteiger partial charge is 0.417 e. The van der Waals surface area contributed by atoms with Crippen molar-refractivity contribution in [2.45, 2.75) is 58.0 Å². The molecule has 0 saturated carbocycles. The first-order valence-electron chi connectivity index (χ1n) is 13.7. The van der Waals surface area contributed by atoms with E-state index >= 15 is 0 Å². The minimum absolute atomic E-state index is 0.0219. The maximum Gasteiger partial charge on any atom is 0.417 e. The fourth-order valence-corrected chi connectivity index (χ4v) is 6.06. The number of alkyl halides is 3. The molecule has 2 aliphatic carbocycles. The minimum atomic E-state index is -4.69. The Morgan fingerprint density at radius 1 is 1.15 bits per heavy atom. The van der Waals surface area contributed by atoms with Gasteiger partial charge in [0.2, 0.25) is 0 Å². The number of ether oxygens (including phenoxy) is 2. The summed E-state index contributed by atoms with van der Waals surface area (Å²) in [5.41, 5.74) is -0.284. The Morgan fingerprint density at radius 2 is 1.95 bits per heavy atom. The zero-order valence-electron chi connectivity index (χ0n) is 22.5. The summed E-state index contributed by atoms with van der Waals surface area (Å²) < 4.78 is 56.7. The van der Waals surface area contributed by atoms with Gasteiger partial charge in [-0.3, -0.25) is 4.90 Å². The molecule has 5 rings (SSSR count). The Balaban J connectivity index is 1.43. The van der Waals surface area contributed by atoms with Crippen molar-refractivity contribution < 1.29 is 32.9 Å². The van der Waals surface area contributed by atoms with E-state index < -0.39 is 29.7 Å². The molecule has 5 unspecified atom stereocenters. The lowest BCUT2D eigenvalue weighted by molar-refractivity contribution is -0.0710. The highest BCUT2D eigenvalue weighted by atomic mass is 19.4. The van der Waals surface area contributed by atoms with Crippen LogP contribution in [0.1, 0.15) is 39.2 Å². The number of rotatable bonds is 6. The Morgan fingerprint density at radius 3 is 2.59 bits per heavy atom. The molecule has 1 aromatic rings. The van der Waals surface area contributed by atoms with E-state index in [1.165, 1.54) is 24.6 Å². The number of aliphatic hydroxyl groups is 1. The van der Waals surface area contributed by atoms with Gasteiger partial charge in [0, 0.05) is 24.1 Å². The number of likely N-dealkylation sites (tertiary alicyclic amines) is 1. The normalized spacial score (nSPS) is 30.1. The highest BCUT2D eigenvalue weighted by Gasteiger charge is 2.47. The molecule has 2 N–H and O–H groups in total. The van der Waals surface area contributed by atoms with Crippen LogP contribution in [0, 0.1) is 17.8 Å².